The smallest absolute Gasteiger partial charge is 0.265 e. The molecule has 0 saturated carbocycles. The molecule has 0 unspecified atom stereocenters. The maximum absolute atomic E-state index is 13.4. The second-order valence-electron chi connectivity index (χ2n) is 7.14. The molecule has 0 aliphatic carbocycles. The van der Waals surface area contributed by atoms with E-state index < -0.39 is 0 Å². The first-order chi connectivity index (χ1) is 14.5. The Bertz CT molecular complexity index is 1190. The van der Waals surface area contributed by atoms with Crippen LogP contribution in [-0.4, -0.2) is 17.7 Å². The third-order valence-corrected chi connectivity index (χ3v) is 4.98. The van der Waals surface area contributed by atoms with Gasteiger partial charge in [-0.1, -0.05) is 48.5 Å². The molecule has 0 spiro atoms. The molecule has 4 rings (SSSR count). The average Bonchev–Trinajstić information content (AvgIpc) is 2.73. The van der Waals surface area contributed by atoms with Gasteiger partial charge in [-0.25, -0.2) is 4.90 Å². The van der Waals surface area contributed by atoms with Crippen molar-refractivity contribution >= 4 is 40.7 Å². The topological polar surface area (TPSA) is 66.5 Å². The maximum atomic E-state index is 13.4. The predicted octanol–water partition coefficient (Wildman–Crippen LogP) is 4.68. The van der Waals surface area contributed by atoms with Gasteiger partial charge in [-0.15, -0.1) is 0 Å². The summed E-state index contributed by atoms with van der Waals surface area (Å²) in [6.07, 6.45) is 1.77. The average molecular weight is 396 g/mol. The Hall–Kier alpha value is -3.99. The van der Waals surface area contributed by atoms with Gasteiger partial charge in [-0.05, 0) is 54.0 Å². The van der Waals surface area contributed by atoms with Crippen LogP contribution in [0.2, 0.25) is 0 Å². The number of aryl methyl sites for hydroxylation is 1. The minimum atomic E-state index is -0.362. The lowest BCUT2D eigenvalue weighted by atomic mass is 9.91. The SMILES string of the molecule is CC(=O)Nc1ccc(/C=C2\C(=O)N(c3ccccc3C)C(=O)c3ccccc32)cc1. The van der Waals surface area contributed by atoms with Gasteiger partial charge in [-0.3, -0.25) is 14.4 Å². The van der Waals surface area contributed by atoms with Crippen LogP contribution in [0.4, 0.5) is 11.4 Å². The second-order valence-corrected chi connectivity index (χ2v) is 7.14. The van der Waals surface area contributed by atoms with Gasteiger partial charge in [0.2, 0.25) is 5.91 Å². The number of hydrogen-bond acceptors (Lipinski definition) is 3. The lowest BCUT2D eigenvalue weighted by molar-refractivity contribution is -0.114. The van der Waals surface area contributed by atoms with Crippen LogP contribution in [0.15, 0.2) is 72.8 Å². The number of anilines is 2. The fourth-order valence-electron chi connectivity index (χ4n) is 3.56. The summed E-state index contributed by atoms with van der Waals surface area (Å²) < 4.78 is 0. The number of benzene rings is 3. The van der Waals surface area contributed by atoms with Crippen molar-refractivity contribution in [1.82, 2.24) is 0 Å². The molecule has 3 amide bonds. The zero-order valence-electron chi connectivity index (χ0n) is 16.7. The largest absolute Gasteiger partial charge is 0.326 e. The molecule has 148 valence electrons. The normalized spacial score (nSPS) is 14.6. The summed E-state index contributed by atoms with van der Waals surface area (Å²) in [5, 5.41) is 2.72. The van der Waals surface area contributed by atoms with Crippen LogP contribution < -0.4 is 10.2 Å². The number of hydrogen-bond donors (Lipinski definition) is 1. The zero-order valence-corrected chi connectivity index (χ0v) is 16.7. The van der Waals surface area contributed by atoms with Crippen molar-refractivity contribution in [3.63, 3.8) is 0 Å². The van der Waals surface area contributed by atoms with Crippen LogP contribution in [0, 0.1) is 6.92 Å². The van der Waals surface area contributed by atoms with Crippen molar-refractivity contribution in [3.05, 3.63) is 95.1 Å². The highest BCUT2D eigenvalue weighted by Crippen LogP contribution is 2.34. The standard InChI is InChI=1S/C25H20N2O3/c1-16-7-3-6-10-23(16)27-24(29)21-9-5-4-8-20(21)22(25(27)30)15-18-11-13-19(14-12-18)26-17(2)28/h3-15H,1-2H3,(H,26,28)/b22-15-. The van der Waals surface area contributed by atoms with Crippen LogP contribution in [-0.2, 0) is 9.59 Å². The fraction of sp³-hybridized carbons (Fsp3) is 0.0800. The van der Waals surface area contributed by atoms with Crippen molar-refractivity contribution in [2.45, 2.75) is 13.8 Å². The monoisotopic (exact) mass is 396 g/mol. The Kier molecular flexibility index (Phi) is 5.02. The number of nitrogens with one attached hydrogen (secondary N) is 1. The van der Waals surface area contributed by atoms with Gasteiger partial charge >= 0.3 is 0 Å². The van der Waals surface area contributed by atoms with E-state index in [1.54, 1.807) is 42.5 Å². The Balaban J connectivity index is 1.82. The molecule has 0 saturated heterocycles. The van der Waals surface area contributed by atoms with Gasteiger partial charge in [0.05, 0.1) is 5.69 Å². The molecule has 0 atom stereocenters. The highest BCUT2D eigenvalue weighted by molar-refractivity contribution is 6.43. The molecular weight excluding hydrogens is 376 g/mol. The maximum Gasteiger partial charge on any atom is 0.265 e. The summed E-state index contributed by atoms with van der Waals surface area (Å²) in [4.78, 5) is 39.1. The Morgan fingerprint density at radius 3 is 2.13 bits per heavy atom. The molecule has 1 aliphatic heterocycles. The van der Waals surface area contributed by atoms with E-state index in [-0.39, 0.29) is 17.7 Å². The molecule has 0 fully saturated rings. The molecule has 0 aromatic heterocycles. The van der Waals surface area contributed by atoms with Crippen molar-refractivity contribution in [2.75, 3.05) is 10.2 Å². The molecule has 5 nitrogen and oxygen atoms in total. The molecular formula is C25H20N2O3. The number of amides is 3. The number of carbonyl (C=O) groups excluding carboxylic acids is 3. The first-order valence-electron chi connectivity index (χ1n) is 9.59. The van der Waals surface area contributed by atoms with Crippen molar-refractivity contribution in [2.24, 2.45) is 0 Å². The molecule has 3 aromatic rings. The van der Waals surface area contributed by atoms with Gasteiger partial charge in [0, 0.05) is 23.7 Å². The van der Waals surface area contributed by atoms with Gasteiger partial charge in [0.25, 0.3) is 11.8 Å². The second kappa shape index (κ2) is 7.79. The van der Waals surface area contributed by atoms with Crippen LogP contribution >= 0.6 is 0 Å². The first-order valence-corrected chi connectivity index (χ1v) is 9.59. The minimum Gasteiger partial charge on any atom is -0.326 e. The Morgan fingerprint density at radius 2 is 1.47 bits per heavy atom. The van der Waals surface area contributed by atoms with E-state index in [1.165, 1.54) is 11.8 Å². The lowest BCUT2D eigenvalue weighted by Crippen LogP contribution is -2.42. The van der Waals surface area contributed by atoms with Crippen LogP contribution in [0.3, 0.4) is 0 Å². The van der Waals surface area contributed by atoms with E-state index in [4.69, 9.17) is 0 Å². The van der Waals surface area contributed by atoms with E-state index in [0.29, 0.717) is 28.1 Å². The van der Waals surface area contributed by atoms with E-state index in [9.17, 15) is 14.4 Å². The molecule has 5 heteroatoms. The summed E-state index contributed by atoms with van der Waals surface area (Å²) in [5.41, 5.74) is 4.44. The first kappa shape index (κ1) is 19.3. The van der Waals surface area contributed by atoms with Gasteiger partial charge < -0.3 is 5.32 Å². The van der Waals surface area contributed by atoms with Crippen LogP contribution in [0.1, 0.15) is 34.0 Å². The van der Waals surface area contributed by atoms with Crippen LogP contribution in [0.5, 0.6) is 0 Å². The lowest BCUT2D eigenvalue weighted by Gasteiger charge is -2.29. The number of para-hydroxylation sites is 1. The summed E-state index contributed by atoms with van der Waals surface area (Å²) in [6.45, 7) is 3.32. The van der Waals surface area contributed by atoms with E-state index in [2.05, 4.69) is 5.32 Å². The zero-order chi connectivity index (χ0) is 21.3. The number of carbonyl (C=O) groups is 3. The summed E-state index contributed by atoms with van der Waals surface area (Å²) >= 11 is 0. The third kappa shape index (κ3) is 3.53. The van der Waals surface area contributed by atoms with Crippen LogP contribution in [0.25, 0.3) is 11.6 Å². The number of fused-ring (bicyclic) bond motifs is 1. The summed E-state index contributed by atoms with van der Waals surface area (Å²) in [6, 6.07) is 21.7. The highest BCUT2D eigenvalue weighted by Gasteiger charge is 2.36. The van der Waals surface area contributed by atoms with Gasteiger partial charge in [0.1, 0.15) is 0 Å². The van der Waals surface area contributed by atoms with E-state index in [1.807, 2.05) is 43.3 Å². The summed E-state index contributed by atoms with van der Waals surface area (Å²) in [5.74, 6) is -0.841. The van der Waals surface area contributed by atoms with Crippen molar-refractivity contribution in [3.8, 4) is 0 Å². The molecule has 1 N–H and O–H groups in total. The molecule has 1 aliphatic rings. The fourth-order valence-corrected chi connectivity index (χ4v) is 3.56. The van der Waals surface area contributed by atoms with Gasteiger partial charge in [-0.2, -0.15) is 0 Å². The molecule has 3 aromatic carbocycles. The summed E-state index contributed by atoms with van der Waals surface area (Å²) in [7, 11) is 0. The highest BCUT2D eigenvalue weighted by atomic mass is 16.2. The minimum absolute atomic E-state index is 0.148. The molecule has 1 heterocycles. The molecule has 30 heavy (non-hydrogen) atoms. The van der Waals surface area contributed by atoms with Crippen molar-refractivity contribution in [1.29, 1.82) is 0 Å². The molecule has 0 bridgehead atoms. The van der Waals surface area contributed by atoms with E-state index >= 15 is 0 Å². The van der Waals surface area contributed by atoms with Crippen molar-refractivity contribution < 1.29 is 14.4 Å². The Labute approximate surface area is 174 Å². The third-order valence-electron chi connectivity index (χ3n) is 4.98. The quantitative estimate of drug-likeness (QED) is 0.516. The number of nitrogens with zero attached hydrogens (tertiary/aromatic N) is 1. The molecule has 0 radical (unpaired) electrons. The number of imide groups is 1. The predicted molar refractivity (Wildman–Crippen MR) is 118 cm³/mol. The number of rotatable bonds is 3. The van der Waals surface area contributed by atoms with Gasteiger partial charge in [0.15, 0.2) is 0 Å². The Morgan fingerprint density at radius 1 is 0.833 bits per heavy atom. The van der Waals surface area contributed by atoms with E-state index in [0.717, 1.165) is 11.1 Å².